The van der Waals surface area contributed by atoms with E-state index in [0.29, 0.717) is 12.3 Å². The van der Waals surface area contributed by atoms with E-state index < -0.39 is 5.97 Å². The number of anilines is 1. The minimum Gasteiger partial charge on any atom is -0.497 e. The predicted molar refractivity (Wildman–Crippen MR) is 88.2 cm³/mol. The van der Waals surface area contributed by atoms with Crippen LogP contribution in [0.15, 0.2) is 18.2 Å². The van der Waals surface area contributed by atoms with E-state index in [2.05, 4.69) is 11.8 Å². The normalized spacial score (nSPS) is 10.3. The fourth-order valence-electron chi connectivity index (χ4n) is 2.36. The number of unbranched alkanes of at least 4 members (excludes halogenated alkanes) is 3. The summed E-state index contributed by atoms with van der Waals surface area (Å²) < 4.78 is 10.6. The first-order valence-corrected chi connectivity index (χ1v) is 7.81. The number of benzene rings is 1. The minimum absolute atomic E-state index is 0.114. The van der Waals surface area contributed by atoms with Crippen LogP contribution in [0.4, 0.5) is 5.69 Å². The van der Waals surface area contributed by atoms with E-state index in [9.17, 15) is 4.79 Å². The van der Waals surface area contributed by atoms with Gasteiger partial charge in [0.05, 0.1) is 26.3 Å². The summed E-state index contributed by atoms with van der Waals surface area (Å²) in [6.45, 7) is 3.48. The zero-order valence-corrected chi connectivity index (χ0v) is 13.8. The van der Waals surface area contributed by atoms with Crippen LogP contribution in [-0.4, -0.2) is 38.4 Å². The molecule has 0 aliphatic carbocycles. The van der Waals surface area contributed by atoms with E-state index in [-0.39, 0.29) is 6.42 Å². The summed E-state index contributed by atoms with van der Waals surface area (Å²) in [6, 6.07) is 5.63. The highest BCUT2D eigenvalue weighted by Crippen LogP contribution is 2.32. The van der Waals surface area contributed by atoms with E-state index in [4.69, 9.17) is 14.6 Å². The maximum Gasteiger partial charge on any atom is 0.305 e. The molecule has 0 aliphatic heterocycles. The third-order valence-electron chi connectivity index (χ3n) is 3.60. The van der Waals surface area contributed by atoms with E-state index in [0.717, 1.165) is 30.8 Å². The number of aliphatic carboxylic acids is 1. The van der Waals surface area contributed by atoms with Crippen molar-refractivity contribution in [1.29, 1.82) is 0 Å². The summed E-state index contributed by atoms with van der Waals surface area (Å²) in [6.07, 6.45) is 4.69. The molecule has 0 atom stereocenters. The van der Waals surface area contributed by atoms with Crippen LogP contribution in [0, 0.1) is 0 Å². The van der Waals surface area contributed by atoms with Gasteiger partial charge in [-0.1, -0.05) is 26.2 Å². The van der Waals surface area contributed by atoms with Crippen LogP contribution in [0.5, 0.6) is 11.5 Å². The molecule has 0 unspecified atom stereocenters. The molecule has 0 bridgehead atoms. The van der Waals surface area contributed by atoms with Crippen molar-refractivity contribution >= 4 is 11.7 Å². The second kappa shape index (κ2) is 9.92. The molecule has 0 saturated heterocycles. The Morgan fingerprint density at radius 3 is 2.50 bits per heavy atom. The molecule has 124 valence electrons. The fraction of sp³-hybridized carbons (Fsp3) is 0.588. The highest BCUT2D eigenvalue weighted by molar-refractivity contribution is 5.68. The van der Waals surface area contributed by atoms with Gasteiger partial charge in [0.25, 0.3) is 0 Å². The molecule has 22 heavy (non-hydrogen) atoms. The summed E-state index contributed by atoms with van der Waals surface area (Å²) in [5.41, 5.74) is 0.918. The van der Waals surface area contributed by atoms with E-state index in [1.807, 2.05) is 18.2 Å². The van der Waals surface area contributed by atoms with Gasteiger partial charge < -0.3 is 19.5 Å². The Balaban J connectivity index is 2.85. The number of hydrogen-bond acceptors (Lipinski definition) is 4. The zero-order valence-electron chi connectivity index (χ0n) is 13.8. The Morgan fingerprint density at radius 2 is 1.91 bits per heavy atom. The van der Waals surface area contributed by atoms with E-state index in [1.54, 1.807) is 14.2 Å². The number of methoxy groups -OCH3 is 2. The lowest BCUT2D eigenvalue weighted by atomic mass is 10.1. The smallest absolute Gasteiger partial charge is 0.305 e. The molecule has 0 fully saturated rings. The molecule has 5 nitrogen and oxygen atoms in total. The number of carboxylic acid groups (broad SMARTS) is 1. The van der Waals surface area contributed by atoms with Gasteiger partial charge in [-0.3, -0.25) is 4.79 Å². The average molecular weight is 309 g/mol. The first-order chi connectivity index (χ1) is 10.6. The summed E-state index contributed by atoms with van der Waals surface area (Å²) in [5.74, 6) is 0.649. The molecule has 1 aromatic carbocycles. The maximum atomic E-state index is 10.9. The highest BCUT2D eigenvalue weighted by Gasteiger charge is 2.14. The van der Waals surface area contributed by atoms with Crippen LogP contribution in [-0.2, 0) is 4.79 Å². The zero-order chi connectivity index (χ0) is 16.4. The molecule has 1 N–H and O–H groups in total. The number of ether oxygens (including phenoxy) is 2. The lowest BCUT2D eigenvalue weighted by molar-refractivity contribution is -0.136. The molecule has 5 heteroatoms. The van der Waals surface area contributed by atoms with Gasteiger partial charge in [-0.15, -0.1) is 0 Å². The largest absolute Gasteiger partial charge is 0.497 e. The second-order valence-electron chi connectivity index (χ2n) is 5.23. The van der Waals surface area contributed by atoms with Crippen LogP contribution >= 0.6 is 0 Å². The molecule has 1 rings (SSSR count). The number of carbonyl (C=O) groups is 1. The number of rotatable bonds is 11. The van der Waals surface area contributed by atoms with Crippen molar-refractivity contribution in [2.75, 3.05) is 32.2 Å². The van der Waals surface area contributed by atoms with Crippen LogP contribution in [0.25, 0.3) is 0 Å². The lowest BCUT2D eigenvalue weighted by Gasteiger charge is -2.26. The Labute approximate surface area is 132 Å². The van der Waals surface area contributed by atoms with Crippen molar-refractivity contribution in [3.05, 3.63) is 18.2 Å². The summed E-state index contributed by atoms with van der Waals surface area (Å²) in [7, 11) is 3.23. The first kappa shape index (κ1) is 18.1. The van der Waals surface area contributed by atoms with Gasteiger partial charge in [-0.25, -0.2) is 0 Å². The lowest BCUT2D eigenvalue weighted by Crippen LogP contribution is -2.27. The van der Waals surface area contributed by atoms with E-state index in [1.165, 1.54) is 12.8 Å². The van der Waals surface area contributed by atoms with Gasteiger partial charge in [0, 0.05) is 19.2 Å². The number of carboxylic acids is 1. The monoisotopic (exact) mass is 309 g/mol. The van der Waals surface area contributed by atoms with Gasteiger partial charge in [0.2, 0.25) is 0 Å². The topological polar surface area (TPSA) is 59.0 Å². The molecule has 0 amide bonds. The molecule has 0 aliphatic rings. The van der Waals surface area contributed by atoms with Crippen molar-refractivity contribution in [2.45, 2.75) is 39.0 Å². The van der Waals surface area contributed by atoms with Gasteiger partial charge >= 0.3 is 5.97 Å². The Kier molecular flexibility index (Phi) is 8.18. The van der Waals surface area contributed by atoms with Crippen molar-refractivity contribution < 1.29 is 19.4 Å². The predicted octanol–water partition coefficient (Wildman–Crippen LogP) is 3.57. The van der Waals surface area contributed by atoms with E-state index >= 15 is 0 Å². The standard InChI is InChI=1S/C17H27NO4/c1-4-5-6-7-11-18(12-10-17(19)20)15-9-8-14(21-2)13-16(15)22-3/h8-9,13H,4-7,10-12H2,1-3H3,(H,19,20). The summed E-state index contributed by atoms with van der Waals surface area (Å²) >= 11 is 0. The Hall–Kier alpha value is -1.91. The summed E-state index contributed by atoms with van der Waals surface area (Å²) in [4.78, 5) is 13.0. The van der Waals surface area contributed by atoms with Gasteiger partial charge in [0.15, 0.2) is 0 Å². The molecule has 0 spiro atoms. The Bertz CT molecular complexity index is 462. The van der Waals surface area contributed by atoms with Gasteiger partial charge in [-0.2, -0.15) is 0 Å². The minimum atomic E-state index is -0.786. The van der Waals surface area contributed by atoms with Crippen molar-refractivity contribution in [1.82, 2.24) is 0 Å². The third-order valence-corrected chi connectivity index (χ3v) is 3.60. The van der Waals surface area contributed by atoms with Crippen molar-refractivity contribution in [2.24, 2.45) is 0 Å². The van der Waals surface area contributed by atoms with Crippen LogP contribution in [0.3, 0.4) is 0 Å². The molecule has 0 aromatic heterocycles. The highest BCUT2D eigenvalue weighted by atomic mass is 16.5. The third kappa shape index (κ3) is 5.84. The average Bonchev–Trinajstić information content (AvgIpc) is 2.53. The molecule has 0 saturated carbocycles. The van der Waals surface area contributed by atoms with Crippen LogP contribution in [0.2, 0.25) is 0 Å². The van der Waals surface area contributed by atoms with Crippen molar-refractivity contribution in [3.8, 4) is 11.5 Å². The molecular formula is C17H27NO4. The van der Waals surface area contributed by atoms with Crippen LogP contribution < -0.4 is 14.4 Å². The molecule has 0 heterocycles. The Morgan fingerprint density at radius 1 is 1.14 bits per heavy atom. The number of nitrogens with zero attached hydrogens (tertiary/aromatic N) is 1. The number of hydrogen-bond donors (Lipinski definition) is 1. The second-order valence-corrected chi connectivity index (χ2v) is 5.23. The van der Waals surface area contributed by atoms with Gasteiger partial charge in [0.1, 0.15) is 11.5 Å². The molecule has 0 radical (unpaired) electrons. The maximum absolute atomic E-state index is 10.9. The van der Waals surface area contributed by atoms with Gasteiger partial charge in [-0.05, 0) is 18.6 Å². The van der Waals surface area contributed by atoms with Crippen LogP contribution in [0.1, 0.15) is 39.0 Å². The molecular weight excluding hydrogens is 282 g/mol. The summed E-state index contributed by atoms with van der Waals surface area (Å²) in [5, 5.41) is 8.95. The quantitative estimate of drug-likeness (QED) is 0.633. The SMILES string of the molecule is CCCCCCN(CCC(=O)O)c1ccc(OC)cc1OC. The van der Waals surface area contributed by atoms with Crippen molar-refractivity contribution in [3.63, 3.8) is 0 Å². The first-order valence-electron chi connectivity index (χ1n) is 7.81. The molecule has 1 aromatic rings. The fourth-order valence-corrected chi connectivity index (χ4v) is 2.36.